The highest BCUT2D eigenvalue weighted by Gasteiger charge is 2.10. The second-order valence-corrected chi connectivity index (χ2v) is 6.19. The molecule has 2 aromatic carbocycles. The highest BCUT2D eigenvalue weighted by Crippen LogP contribution is 2.23. The molecule has 2 rings (SSSR count). The standard InChI is InChI=1S/C23H26O6/c1-26-21-10-6-9-20(15-21)19(12-14-29-23(25)16-22(24)27-2)11-13-28-17-18-7-4-3-5-8-18/h3-10,12,15H,11,13-14,16-17H2,1-2H3/b19-12+. The smallest absolute Gasteiger partial charge is 0.317 e. The van der Waals surface area contributed by atoms with Crippen molar-refractivity contribution in [2.75, 3.05) is 27.4 Å². The number of carbonyl (C=O) groups excluding carboxylic acids is 2. The second-order valence-electron chi connectivity index (χ2n) is 6.19. The molecule has 0 aliphatic rings. The van der Waals surface area contributed by atoms with E-state index in [4.69, 9.17) is 14.2 Å². The van der Waals surface area contributed by atoms with Crippen LogP contribution in [0.15, 0.2) is 60.7 Å². The fraction of sp³-hybridized carbons (Fsp3) is 0.304. The van der Waals surface area contributed by atoms with E-state index < -0.39 is 18.4 Å². The van der Waals surface area contributed by atoms with Crippen LogP contribution in [0.25, 0.3) is 5.57 Å². The van der Waals surface area contributed by atoms with Gasteiger partial charge < -0.3 is 18.9 Å². The summed E-state index contributed by atoms with van der Waals surface area (Å²) >= 11 is 0. The normalized spacial score (nSPS) is 11.0. The molecule has 0 radical (unpaired) electrons. The topological polar surface area (TPSA) is 71.1 Å². The number of benzene rings is 2. The maximum atomic E-state index is 11.7. The van der Waals surface area contributed by atoms with Gasteiger partial charge in [0.25, 0.3) is 0 Å². The average molecular weight is 398 g/mol. The Hall–Kier alpha value is -3.12. The largest absolute Gasteiger partial charge is 0.497 e. The zero-order valence-corrected chi connectivity index (χ0v) is 16.8. The summed E-state index contributed by atoms with van der Waals surface area (Å²) in [4.78, 5) is 22.8. The van der Waals surface area contributed by atoms with Gasteiger partial charge in [0.05, 0.1) is 27.4 Å². The van der Waals surface area contributed by atoms with Crippen molar-refractivity contribution in [1.82, 2.24) is 0 Å². The van der Waals surface area contributed by atoms with E-state index in [0.29, 0.717) is 19.6 Å². The summed E-state index contributed by atoms with van der Waals surface area (Å²) in [6.07, 6.45) is 2.05. The van der Waals surface area contributed by atoms with E-state index in [9.17, 15) is 9.59 Å². The van der Waals surface area contributed by atoms with E-state index >= 15 is 0 Å². The summed E-state index contributed by atoms with van der Waals surface area (Å²) in [5.74, 6) is -0.513. The van der Waals surface area contributed by atoms with Crippen LogP contribution in [0.1, 0.15) is 24.0 Å². The lowest BCUT2D eigenvalue weighted by molar-refractivity contribution is -0.152. The fourth-order valence-electron chi connectivity index (χ4n) is 2.61. The van der Waals surface area contributed by atoms with Gasteiger partial charge in [-0.3, -0.25) is 9.59 Å². The molecule has 154 valence electrons. The first-order valence-corrected chi connectivity index (χ1v) is 9.30. The molecule has 0 N–H and O–H groups in total. The van der Waals surface area contributed by atoms with Gasteiger partial charge in [-0.05, 0) is 41.3 Å². The Morgan fingerprint density at radius 2 is 1.76 bits per heavy atom. The van der Waals surface area contributed by atoms with Gasteiger partial charge in [-0.2, -0.15) is 0 Å². The first-order chi connectivity index (χ1) is 14.1. The van der Waals surface area contributed by atoms with Crippen molar-refractivity contribution in [3.63, 3.8) is 0 Å². The Bertz CT molecular complexity index is 813. The predicted molar refractivity (Wildman–Crippen MR) is 109 cm³/mol. The van der Waals surface area contributed by atoms with Crippen LogP contribution >= 0.6 is 0 Å². The molecule has 0 saturated carbocycles. The predicted octanol–water partition coefficient (Wildman–Crippen LogP) is 3.79. The molecular formula is C23H26O6. The van der Waals surface area contributed by atoms with Crippen molar-refractivity contribution in [2.45, 2.75) is 19.4 Å². The summed E-state index contributed by atoms with van der Waals surface area (Å²) in [6.45, 7) is 1.09. The minimum absolute atomic E-state index is 0.0566. The molecule has 0 fully saturated rings. The van der Waals surface area contributed by atoms with E-state index in [0.717, 1.165) is 22.4 Å². The zero-order valence-electron chi connectivity index (χ0n) is 16.8. The van der Waals surface area contributed by atoms with Crippen molar-refractivity contribution in [3.8, 4) is 5.75 Å². The van der Waals surface area contributed by atoms with Gasteiger partial charge in [0.1, 0.15) is 18.8 Å². The lowest BCUT2D eigenvalue weighted by atomic mass is 10.0. The van der Waals surface area contributed by atoms with Crippen LogP contribution in [0.2, 0.25) is 0 Å². The lowest BCUT2D eigenvalue weighted by Gasteiger charge is -2.11. The molecule has 0 spiro atoms. The van der Waals surface area contributed by atoms with E-state index in [1.54, 1.807) is 7.11 Å². The number of carbonyl (C=O) groups is 2. The van der Waals surface area contributed by atoms with Crippen molar-refractivity contribution in [1.29, 1.82) is 0 Å². The first kappa shape index (κ1) is 22.2. The summed E-state index contributed by atoms with van der Waals surface area (Å²) < 4.78 is 20.6. The summed E-state index contributed by atoms with van der Waals surface area (Å²) in [7, 11) is 2.84. The van der Waals surface area contributed by atoms with Crippen molar-refractivity contribution >= 4 is 17.5 Å². The lowest BCUT2D eigenvalue weighted by Crippen LogP contribution is -2.12. The van der Waals surface area contributed by atoms with Crippen LogP contribution in [0.4, 0.5) is 0 Å². The molecule has 6 heteroatoms. The van der Waals surface area contributed by atoms with Crippen LogP contribution in [0.5, 0.6) is 5.75 Å². The summed E-state index contributed by atoms with van der Waals surface area (Å²) in [5.41, 5.74) is 3.02. The van der Waals surface area contributed by atoms with Crippen LogP contribution in [0, 0.1) is 0 Å². The average Bonchev–Trinajstić information content (AvgIpc) is 2.76. The van der Waals surface area contributed by atoms with Crippen LogP contribution in [0.3, 0.4) is 0 Å². The van der Waals surface area contributed by atoms with Gasteiger partial charge in [0, 0.05) is 0 Å². The van der Waals surface area contributed by atoms with Crippen LogP contribution < -0.4 is 4.74 Å². The molecule has 0 bridgehead atoms. The third-order valence-electron chi connectivity index (χ3n) is 4.16. The molecule has 0 aliphatic carbocycles. The fourth-order valence-corrected chi connectivity index (χ4v) is 2.61. The zero-order chi connectivity index (χ0) is 20.9. The molecule has 0 aliphatic heterocycles. The van der Waals surface area contributed by atoms with E-state index in [-0.39, 0.29) is 6.61 Å². The quantitative estimate of drug-likeness (QED) is 0.326. The third kappa shape index (κ3) is 8.19. The maximum absolute atomic E-state index is 11.7. The van der Waals surface area contributed by atoms with E-state index in [1.165, 1.54) is 7.11 Å². The Morgan fingerprint density at radius 1 is 0.966 bits per heavy atom. The number of hydrogen-bond acceptors (Lipinski definition) is 6. The number of esters is 2. The van der Waals surface area contributed by atoms with Crippen molar-refractivity contribution in [3.05, 3.63) is 71.8 Å². The highest BCUT2D eigenvalue weighted by molar-refractivity contribution is 5.91. The molecule has 0 atom stereocenters. The second kappa shape index (κ2) is 12.4. The molecule has 0 heterocycles. The number of methoxy groups -OCH3 is 2. The van der Waals surface area contributed by atoms with Crippen molar-refractivity contribution < 1.29 is 28.5 Å². The van der Waals surface area contributed by atoms with Gasteiger partial charge in [-0.25, -0.2) is 0 Å². The van der Waals surface area contributed by atoms with Gasteiger partial charge >= 0.3 is 11.9 Å². The Balaban J connectivity index is 1.96. The Morgan fingerprint density at radius 3 is 2.48 bits per heavy atom. The monoisotopic (exact) mass is 398 g/mol. The van der Waals surface area contributed by atoms with Gasteiger partial charge in [-0.15, -0.1) is 0 Å². The maximum Gasteiger partial charge on any atom is 0.317 e. The SMILES string of the molecule is COC(=O)CC(=O)OC/C=C(\CCOCc1ccccc1)c1cccc(OC)c1. The molecule has 29 heavy (non-hydrogen) atoms. The third-order valence-corrected chi connectivity index (χ3v) is 4.16. The summed E-state index contributed by atoms with van der Waals surface area (Å²) in [5, 5.41) is 0. The molecule has 6 nitrogen and oxygen atoms in total. The number of ether oxygens (including phenoxy) is 4. The Labute approximate surface area is 171 Å². The van der Waals surface area contributed by atoms with Gasteiger partial charge in [0.15, 0.2) is 0 Å². The van der Waals surface area contributed by atoms with E-state index in [1.807, 2.05) is 60.7 Å². The highest BCUT2D eigenvalue weighted by atomic mass is 16.5. The van der Waals surface area contributed by atoms with Gasteiger partial charge in [-0.1, -0.05) is 42.5 Å². The minimum Gasteiger partial charge on any atom is -0.497 e. The van der Waals surface area contributed by atoms with Crippen molar-refractivity contribution in [2.24, 2.45) is 0 Å². The number of hydrogen-bond donors (Lipinski definition) is 0. The first-order valence-electron chi connectivity index (χ1n) is 9.30. The molecule has 0 saturated heterocycles. The molecular weight excluding hydrogens is 372 g/mol. The van der Waals surface area contributed by atoms with Gasteiger partial charge in [0.2, 0.25) is 0 Å². The van der Waals surface area contributed by atoms with E-state index in [2.05, 4.69) is 4.74 Å². The van der Waals surface area contributed by atoms with Crippen LogP contribution in [-0.2, 0) is 30.4 Å². The molecule has 0 aromatic heterocycles. The minimum atomic E-state index is -0.626. The molecule has 0 amide bonds. The number of rotatable bonds is 11. The van der Waals surface area contributed by atoms with Crippen LogP contribution in [-0.4, -0.2) is 39.4 Å². The Kier molecular flexibility index (Phi) is 9.45. The summed E-state index contributed by atoms with van der Waals surface area (Å²) in [6, 6.07) is 17.6. The molecule has 0 unspecified atom stereocenters. The molecule has 2 aromatic rings.